The van der Waals surface area contributed by atoms with Crippen LogP contribution in [-0.2, 0) is 65.4 Å². The SMILES string of the molecule is CCCCCCCCCCCCC(=O)OC[C@H](COP(=O)(O)OC[C@H](O)COP(=O)(O)OC[C@@H](COC(=O)CCCCCCCCCCC(C)CC)OC(=O)CCCCCCCCCCCC(C)C)OC(=O)CCCCCCCCCC(C)C. The zero-order chi connectivity index (χ0) is 62.4. The van der Waals surface area contributed by atoms with Crippen molar-refractivity contribution in [3.63, 3.8) is 0 Å². The summed E-state index contributed by atoms with van der Waals surface area (Å²) in [7, 11) is -9.89. The molecule has 0 aliphatic carbocycles. The van der Waals surface area contributed by atoms with Gasteiger partial charge in [-0.15, -0.1) is 0 Å². The molecule has 17 nitrogen and oxygen atoms in total. The number of phosphoric ester groups is 2. The van der Waals surface area contributed by atoms with Crippen molar-refractivity contribution in [1.29, 1.82) is 0 Å². The molecule has 0 saturated heterocycles. The summed E-state index contributed by atoms with van der Waals surface area (Å²) in [6, 6.07) is 0. The minimum absolute atomic E-state index is 0.103. The Kier molecular flexibility index (Phi) is 55.0. The smallest absolute Gasteiger partial charge is 0.462 e. The standard InChI is InChI=1S/C65H126O17P2/c1-8-10-11-12-13-14-17-25-32-39-46-62(67)75-53-61(82-65(70)49-42-35-28-21-23-30-37-44-57(5)6)55-80-84(73,74)78-51-59(66)50-77-83(71,72)79-54-60(81-64(69)48-41-34-27-18-15-16-22-29-36-43-56(3)4)52-76-63(68)47-40-33-26-20-19-24-31-38-45-58(7)9-2/h56-61,66H,8-55H2,1-7H3,(H,71,72)(H,73,74)/t58?,59-,60-,61-/m1/s1. The van der Waals surface area contributed by atoms with Crippen molar-refractivity contribution in [2.45, 2.75) is 336 Å². The molecular formula is C65H126O17P2. The van der Waals surface area contributed by atoms with E-state index in [4.69, 9.17) is 37.0 Å². The molecule has 0 spiro atoms. The first-order chi connectivity index (χ1) is 40.3. The van der Waals surface area contributed by atoms with Gasteiger partial charge in [-0.25, -0.2) is 9.13 Å². The third kappa shape index (κ3) is 57.8. The lowest BCUT2D eigenvalue weighted by Crippen LogP contribution is -2.30. The second-order valence-corrected chi connectivity index (χ2v) is 27.6. The van der Waals surface area contributed by atoms with Gasteiger partial charge in [-0.3, -0.25) is 37.3 Å². The van der Waals surface area contributed by atoms with Gasteiger partial charge < -0.3 is 33.8 Å². The minimum atomic E-state index is -4.95. The Balaban J connectivity index is 5.25. The first kappa shape index (κ1) is 82.1. The highest BCUT2D eigenvalue weighted by atomic mass is 31.2. The van der Waals surface area contributed by atoms with E-state index in [2.05, 4.69) is 48.5 Å². The van der Waals surface area contributed by atoms with Gasteiger partial charge >= 0.3 is 39.5 Å². The molecule has 498 valence electrons. The maximum atomic E-state index is 13.0. The summed E-state index contributed by atoms with van der Waals surface area (Å²) in [5.74, 6) is 0.0733. The van der Waals surface area contributed by atoms with Crippen molar-refractivity contribution in [3.8, 4) is 0 Å². The van der Waals surface area contributed by atoms with Gasteiger partial charge in [0.25, 0.3) is 0 Å². The van der Waals surface area contributed by atoms with Gasteiger partial charge in [0.1, 0.15) is 19.3 Å². The van der Waals surface area contributed by atoms with Crippen molar-refractivity contribution in [2.24, 2.45) is 17.8 Å². The lowest BCUT2D eigenvalue weighted by molar-refractivity contribution is -0.161. The molecule has 0 rings (SSSR count). The Labute approximate surface area is 511 Å². The summed E-state index contributed by atoms with van der Waals surface area (Å²) in [5.41, 5.74) is 0. The minimum Gasteiger partial charge on any atom is -0.462 e. The first-order valence-electron chi connectivity index (χ1n) is 33.9. The fraction of sp³-hybridized carbons (Fsp3) is 0.938. The van der Waals surface area contributed by atoms with Gasteiger partial charge in [0.05, 0.1) is 26.4 Å². The third-order valence-corrected chi connectivity index (χ3v) is 17.1. The van der Waals surface area contributed by atoms with E-state index in [1.54, 1.807) is 0 Å². The van der Waals surface area contributed by atoms with Crippen LogP contribution in [0.3, 0.4) is 0 Å². The summed E-state index contributed by atoms with van der Waals surface area (Å²) in [6.07, 6.45) is 37.6. The van der Waals surface area contributed by atoms with Crippen LogP contribution in [0.25, 0.3) is 0 Å². The van der Waals surface area contributed by atoms with Crippen molar-refractivity contribution in [2.75, 3.05) is 39.6 Å². The van der Waals surface area contributed by atoms with Crippen LogP contribution in [0.15, 0.2) is 0 Å². The number of carbonyl (C=O) groups excluding carboxylic acids is 4. The van der Waals surface area contributed by atoms with Crippen LogP contribution in [0.1, 0.15) is 318 Å². The Morgan fingerprint density at radius 2 is 0.607 bits per heavy atom. The number of phosphoric acid groups is 2. The second-order valence-electron chi connectivity index (χ2n) is 24.7. The molecule has 0 aromatic carbocycles. The van der Waals surface area contributed by atoms with Crippen molar-refractivity contribution in [1.82, 2.24) is 0 Å². The summed E-state index contributed by atoms with van der Waals surface area (Å²) >= 11 is 0. The van der Waals surface area contributed by atoms with E-state index in [1.807, 2.05) is 0 Å². The van der Waals surface area contributed by atoms with E-state index in [-0.39, 0.29) is 25.7 Å². The number of ether oxygens (including phenoxy) is 4. The summed E-state index contributed by atoms with van der Waals surface area (Å²) < 4.78 is 68.0. The third-order valence-electron chi connectivity index (χ3n) is 15.2. The second kappa shape index (κ2) is 56.3. The zero-order valence-electron chi connectivity index (χ0n) is 54.4. The van der Waals surface area contributed by atoms with Gasteiger partial charge in [-0.05, 0) is 43.4 Å². The molecule has 0 aromatic rings. The Hall–Kier alpha value is -1.94. The molecule has 6 atom stereocenters. The molecule has 0 bridgehead atoms. The lowest BCUT2D eigenvalue weighted by atomic mass is 9.99. The summed E-state index contributed by atoms with van der Waals surface area (Å²) in [4.78, 5) is 72.2. The van der Waals surface area contributed by atoms with Crippen molar-refractivity contribution < 1.29 is 80.2 Å². The monoisotopic (exact) mass is 1240 g/mol. The maximum absolute atomic E-state index is 13.0. The average Bonchev–Trinajstić information content (AvgIpc) is 3.48. The fourth-order valence-corrected chi connectivity index (χ4v) is 11.2. The van der Waals surface area contributed by atoms with Crippen molar-refractivity contribution >= 4 is 39.5 Å². The highest BCUT2D eigenvalue weighted by Crippen LogP contribution is 2.45. The van der Waals surface area contributed by atoms with E-state index in [0.717, 1.165) is 102 Å². The number of aliphatic hydroxyl groups excluding tert-OH is 1. The average molecular weight is 1240 g/mol. The quantitative estimate of drug-likeness (QED) is 0.0222. The zero-order valence-corrected chi connectivity index (χ0v) is 56.1. The molecule has 0 aliphatic heterocycles. The molecule has 0 heterocycles. The number of carbonyl (C=O) groups is 4. The molecule has 3 unspecified atom stereocenters. The summed E-state index contributed by atoms with van der Waals surface area (Å²) in [6.45, 7) is 11.7. The molecule has 84 heavy (non-hydrogen) atoms. The molecule has 0 amide bonds. The number of hydrogen-bond donors (Lipinski definition) is 3. The number of esters is 4. The van der Waals surface area contributed by atoms with Crippen LogP contribution >= 0.6 is 15.6 Å². The van der Waals surface area contributed by atoms with Gasteiger partial charge in [0.15, 0.2) is 12.2 Å². The van der Waals surface area contributed by atoms with Gasteiger partial charge in [-0.2, -0.15) is 0 Å². The Bertz CT molecular complexity index is 1670. The molecule has 19 heteroatoms. The first-order valence-corrected chi connectivity index (χ1v) is 36.9. The highest BCUT2D eigenvalue weighted by Gasteiger charge is 2.30. The molecule has 0 aromatic heterocycles. The Morgan fingerprint density at radius 1 is 0.345 bits per heavy atom. The number of unbranched alkanes of at least 4 members (excludes halogenated alkanes) is 30. The molecule has 0 fully saturated rings. The predicted molar refractivity (Wildman–Crippen MR) is 335 cm³/mol. The highest BCUT2D eigenvalue weighted by molar-refractivity contribution is 7.47. The van der Waals surface area contributed by atoms with E-state index < -0.39 is 97.5 Å². The van der Waals surface area contributed by atoms with Crippen molar-refractivity contribution in [3.05, 3.63) is 0 Å². The van der Waals surface area contributed by atoms with Crippen LogP contribution in [-0.4, -0.2) is 96.7 Å². The largest absolute Gasteiger partial charge is 0.472 e. The number of hydrogen-bond acceptors (Lipinski definition) is 15. The van der Waals surface area contributed by atoms with E-state index >= 15 is 0 Å². The predicted octanol–water partition coefficient (Wildman–Crippen LogP) is 17.9. The van der Waals surface area contributed by atoms with Crippen LogP contribution in [0, 0.1) is 17.8 Å². The molecule has 0 aliphatic rings. The topological polar surface area (TPSA) is 237 Å². The molecule has 0 radical (unpaired) electrons. The normalized spacial score (nSPS) is 14.7. The van der Waals surface area contributed by atoms with Crippen LogP contribution in [0.5, 0.6) is 0 Å². The molecular weight excluding hydrogens is 1110 g/mol. The number of aliphatic hydroxyl groups is 1. The van der Waals surface area contributed by atoms with Crippen LogP contribution in [0.2, 0.25) is 0 Å². The van der Waals surface area contributed by atoms with E-state index in [9.17, 15) is 43.2 Å². The van der Waals surface area contributed by atoms with Gasteiger partial charge in [0, 0.05) is 25.7 Å². The maximum Gasteiger partial charge on any atom is 0.472 e. The van der Waals surface area contributed by atoms with Gasteiger partial charge in [-0.1, -0.05) is 267 Å². The fourth-order valence-electron chi connectivity index (χ4n) is 9.62. The Morgan fingerprint density at radius 3 is 0.905 bits per heavy atom. The van der Waals surface area contributed by atoms with E-state index in [0.29, 0.717) is 31.6 Å². The molecule has 0 saturated carbocycles. The van der Waals surface area contributed by atoms with Gasteiger partial charge in [0.2, 0.25) is 0 Å². The lowest BCUT2D eigenvalue weighted by Gasteiger charge is -2.21. The number of rotatable bonds is 63. The van der Waals surface area contributed by atoms with E-state index in [1.165, 1.54) is 128 Å². The van der Waals surface area contributed by atoms with Crippen LogP contribution < -0.4 is 0 Å². The summed E-state index contributed by atoms with van der Waals surface area (Å²) in [5, 5.41) is 10.5. The van der Waals surface area contributed by atoms with Crippen LogP contribution in [0.4, 0.5) is 0 Å². The molecule has 3 N–H and O–H groups in total.